The van der Waals surface area contributed by atoms with E-state index in [1.165, 1.54) is 25.7 Å². The van der Waals surface area contributed by atoms with Crippen molar-refractivity contribution in [2.24, 2.45) is 0 Å². The van der Waals surface area contributed by atoms with Crippen LogP contribution in [0.2, 0.25) is 0 Å². The second-order valence-corrected chi connectivity index (χ2v) is 3.53. The summed E-state index contributed by atoms with van der Waals surface area (Å²) in [4.78, 5) is 11.0. The van der Waals surface area contributed by atoms with E-state index in [0.717, 1.165) is 12.8 Å². The SMILES string of the molecule is CCCCCCCCC(=O)CCO. The Balaban J connectivity index is 3.02. The molecular weight excluding hydrogens is 164 g/mol. The van der Waals surface area contributed by atoms with Gasteiger partial charge in [0.15, 0.2) is 0 Å². The van der Waals surface area contributed by atoms with Crippen molar-refractivity contribution in [3.63, 3.8) is 0 Å². The molecule has 0 saturated carbocycles. The van der Waals surface area contributed by atoms with Gasteiger partial charge in [0.1, 0.15) is 5.78 Å². The van der Waals surface area contributed by atoms with Gasteiger partial charge < -0.3 is 5.11 Å². The van der Waals surface area contributed by atoms with E-state index in [9.17, 15) is 4.79 Å². The number of aliphatic hydroxyl groups excluding tert-OH is 1. The van der Waals surface area contributed by atoms with Gasteiger partial charge in [-0.1, -0.05) is 39.0 Å². The minimum atomic E-state index is 0.00860. The maximum Gasteiger partial charge on any atom is 0.135 e. The van der Waals surface area contributed by atoms with Crippen LogP contribution in [0, 0.1) is 0 Å². The average Bonchev–Trinajstić information content (AvgIpc) is 2.11. The van der Waals surface area contributed by atoms with Crippen molar-refractivity contribution >= 4 is 5.78 Å². The molecule has 0 bridgehead atoms. The lowest BCUT2D eigenvalue weighted by Crippen LogP contribution is -2.00. The van der Waals surface area contributed by atoms with E-state index < -0.39 is 0 Å². The first-order chi connectivity index (χ1) is 6.31. The molecule has 0 spiro atoms. The topological polar surface area (TPSA) is 37.3 Å². The summed E-state index contributed by atoms with van der Waals surface area (Å²) in [6.45, 7) is 2.21. The number of hydrogen-bond donors (Lipinski definition) is 1. The second kappa shape index (κ2) is 9.72. The monoisotopic (exact) mass is 186 g/mol. The molecule has 0 saturated heterocycles. The fraction of sp³-hybridized carbons (Fsp3) is 0.909. The summed E-state index contributed by atoms with van der Waals surface area (Å²) in [5.74, 6) is 0.206. The number of aliphatic hydroxyl groups is 1. The minimum absolute atomic E-state index is 0.00860. The number of hydrogen-bond acceptors (Lipinski definition) is 2. The third-order valence-corrected chi connectivity index (χ3v) is 2.20. The summed E-state index contributed by atoms with van der Waals surface area (Å²) in [5.41, 5.74) is 0. The molecule has 0 aliphatic rings. The van der Waals surface area contributed by atoms with Crippen LogP contribution in [0.25, 0.3) is 0 Å². The number of carbonyl (C=O) groups excluding carboxylic acids is 1. The zero-order chi connectivity index (χ0) is 9.94. The number of unbranched alkanes of at least 4 members (excludes halogenated alkanes) is 5. The van der Waals surface area contributed by atoms with Gasteiger partial charge in [-0.15, -0.1) is 0 Å². The van der Waals surface area contributed by atoms with Crippen LogP contribution in [0.4, 0.5) is 0 Å². The lowest BCUT2D eigenvalue weighted by molar-refractivity contribution is -0.119. The van der Waals surface area contributed by atoms with Crippen molar-refractivity contribution < 1.29 is 9.90 Å². The van der Waals surface area contributed by atoms with Crippen molar-refractivity contribution in [1.29, 1.82) is 0 Å². The maximum absolute atomic E-state index is 11.0. The fourth-order valence-electron chi connectivity index (χ4n) is 1.35. The molecule has 0 fully saturated rings. The molecule has 78 valence electrons. The van der Waals surface area contributed by atoms with E-state index in [1.54, 1.807) is 0 Å². The van der Waals surface area contributed by atoms with Crippen LogP contribution >= 0.6 is 0 Å². The first kappa shape index (κ1) is 12.6. The third kappa shape index (κ3) is 9.54. The van der Waals surface area contributed by atoms with Gasteiger partial charge in [0.25, 0.3) is 0 Å². The lowest BCUT2D eigenvalue weighted by atomic mass is 10.1. The van der Waals surface area contributed by atoms with E-state index >= 15 is 0 Å². The Hall–Kier alpha value is -0.370. The average molecular weight is 186 g/mol. The van der Waals surface area contributed by atoms with Gasteiger partial charge in [-0.3, -0.25) is 4.79 Å². The van der Waals surface area contributed by atoms with Crippen LogP contribution in [-0.2, 0) is 4.79 Å². The van der Waals surface area contributed by atoms with Crippen molar-refractivity contribution in [1.82, 2.24) is 0 Å². The first-order valence-electron chi connectivity index (χ1n) is 5.43. The Morgan fingerprint density at radius 1 is 1.00 bits per heavy atom. The highest BCUT2D eigenvalue weighted by molar-refractivity contribution is 5.78. The van der Waals surface area contributed by atoms with E-state index in [1.807, 2.05) is 0 Å². The molecule has 0 aromatic heterocycles. The molecule has 0 amide bonds. The fourth-order valence-corrected chi connectivity index (χ4v) is 1.35. The Morgan fingerprint density at radius 2 is 1.62 bits per heavy atom. The predicted octanol–water partition coefficient (Wildman–Crippen LogP) is 2.69. The Morgan fingerprint density at radius 3 is 2.23 bits per heavy atom. The van der Waals surface area contributed by atoms with Crippen molar-refractivity contribution in [3.8, 4) is 0 Å². The van der Waals surface area contributed by atoms with Gasteiger partial charge in [0, 0.05) is 19.4 Å². The molecule has 13 heavy (non-hydrogen) atoms. The van der Waals surface area contributed by atoms with Gasteiger partial charge in [-0.2, -0.15) is 0 Å². The number of carbonyl (C=O) groups is 1. The van der Waals surface area contributed by atoms with E-state index in [0.29, 0.717) is 12.8 Å². The normalized spacial score (nSPS) is 10.3. The van der Waals surface area contributed by atoms with Crippen LogP contribution in [0.15, 0.2) is 0 Å². The molecule has 0 radical (unpaired) electrons. The van der Waals surface area contributed by atoms with Crippen molar-refractivity contribution in [2.75, 3.05) is 6.61 Å². The first-order valence-corrected chi connectivity index (χ1v) is 5.43. The molecule has 0 aromatic carbocycles. The van der Waals surface area contributed by atoms with Crippen molar-refractivity contribution in [2.45, 2.75) is 58.3 Å². The summed E-state index contributed by atoms with van der Waals surface area (Å²) in [7, 11) is 0. The van der Waals surface area contributed by atoms with Crippen LogP contribution in [0.1, 0.15) is 58.3 Å². The minimum Gasteiger partial charge on any atom is -0.396 e. The van der Waals surface area contributed by atoms with Crippen LogP contribution in [0.3, 0.4) is 0 Å². The maximum atomic E-state index is 11.0. The zero-order valence-electron chi connectivity index (χ0n) is 8.72. The van der Waals surface area contributed by atoms with Gasteiger partial charge in [-0.05, 0) is 6.42 Å². The van der Waals surface area contributed by atoms with Gasteiger partial charge in [0.2, 0.25) is 0 Å². The third-order valence-electron chi connectivity index (χ3n) is 2.20. The molecule has 0 heterocycles. The van der Waals surface area contributed by atoms with Crippen LogP contribution in [-0.4, -0.2) is 17.5 Å². The van der Waals surface area contributed by atoms with E-state index in [-0.39, 0.29) is 12.4 Å². The lowest BCUT2D eigenvalue weighted by Gasteiger charge is -1.99. The predicted molar refractivity (Wildman–Crippen MR) is 54.7 cm³/mol. The summed E-state index contributed by atoms with van der Waals surface area (Å²) in [6, 6.07) is 0. The Bertz CT molecular complexity index is 121. The van der Waals surface area contributed by atoms with Crippen molar-refractivity contribution in [3.05, 3.63) is 0 Å². The summed E-state index contributed by atoms with van der Waals surface area (Å²) in [6.07, 6.45) is 8.29. The summed E-state index contributed by atoms with van der Waals surface area (Å²) < 4.78 is 0. The number of Topliss-reactive ketones (excluding diaryl/α,β-unsaturated/α-hetero) is 1. The molecule has 0 aliphatic heterocycles. The van der Waals surface area contributed by atoms with Crippen LogP contribution < -0.4 is 0 Å². The molecule has 0 aromatic rings. The highest BCUT2D eigenvalue weighted by Gasteiger charge is 1.99. The standard InChI is InChI=1S/C11H22O2/c1-2-3-4-5-6-7-8-11(13)9-10-12/h12H,2-10H2,1H3. The summed E-state index contributed by atoms with van der Waals surface area (Å²) >= 11 is 0. The highest BCUT2D eigenvalue weighted by Crippen LogP contribution is 2.07. The molecule has 1 N–H and O–H groups in total. The molecule has 0 atom stereocenters. The highest BCUT2D eigenvalue weighted by atomic mass is 16.3. The zero-order valence-corrected chi connectivity index (χ0v) is 8.72. The summed E-state index contributed by atoms with van der Waals surface area (Å²) in [5, 5.41) is 8.49. The molecule has 0 unspecified atom stereocenters. The Labute approximate surface area is 81.3 Å². The van der Waals surface area contributed by atoms with E-state index in [2.05, 4.69) is 6.92 Å². The Kier molecular flexibility index (Phi) is 9.44. The molecule has 0 aliphatic carbocycles. The molecule has 2 heteroatoms. The largest absolute Gasteiger partial charge is 0.396 e. The van der Waals surface area contributed by atoms with Crippen LogP contribution in [0.5, 0.6) is 0 Å². The quantitative estimate of drug-likeness (QED) is 0.562. The van der Waals surface area contributed by atoms with Gasteiger partial charge in [-0.25, -0.2) is 0 Å². The van der Waals surface area contributed by atoms with Gasteiger partial charge >= 0.3 is 0 Å². The van der Waals surface area contributed by atoms with Gasteiger partial charge in [0.05, 0.1) is 0 Å². The molecular formula is C11H22O2. The number of rotatable bonds is 9. The second-order valence-electron chi connectivity index (χ2n) is 3.53. The molecule has 2 nitrogen and oxygen atoms in total. The molecule has 0 rings (SSSR count). The number of ketones is 1. The smallest absolute Gasteiger partial charge is 0.135 e. The van der Waals surface area contributed by atoms with E-state index in [4.69, 9.17) is 5.11 Å².